The Labute approximate surface area is 170 Å². The van der Waals surface area contributed by atoms with E-state index in [1.54, 1.807) is 31.2 Å². The first-order valence-electron chi connectivity index (χ1n) is 9.73. The van der Waals surface area contributed by atoms with Crippen molar-refractivity contribution in [2.24, 2.45) is 0 Å². The minimum Gasteiger partial charge on any atom is -0.484 e. The molecule has 1 aliphatic heterocycles. The summed E-state index contributed by atoms with van der Waals surface area (Å²) >= 11 is 0. The number of esters is 1. The van der Waals surface area contributed by atoms with Crippen molar-refractivity contribution >= 4 is 17.6 Å². The zero-order valence-corrected chi connectivity index (χ0v) is 16.6. The molecule has 29 heavy (non-hydrogen) atoms. The van der Waals surface area contributed by atoms with Gasteiger partial charge in [-0.15, -0.1) is 0 Å². The second-order valence-electron chi connectivity index (χ2n) is 6.67. The molecule has 1 heterocycles. The van der Waals surface area contributed by atoms with Gasteiger partial charge < -0.3 is 19.5 Å². The van der Waals surface area contributed by atoms with E-state index in [9.17, 15) is 9.59 Å². The molecular weight excluding hydrogens is 372 g/mol. The van der Waals surface area contributed by atoms with Gasteiger partial charge in [-0.1, -0.05) is 12.1 Å². The quantitative estimate of drug-likeness (QED) is 0.689. The average Bonchev–Trinajstić information content (AvgIpc) is 2.75. The predicted molar refractivity (Wildman–Crippen MR) is 109 cm³/mol. The first-order valence-corrected chi connectivity index (χ1v) is 9.73. The number of amides is 1. The number of carbonyl (C=O) groups excluding carboxylic acids is 2. The molecule has 0 saturated carbocycles. The van der Waals surface area contributed by atoms with Gasteiger partial charge in [-0.05, 0) is 48.9 Å². The van der Waals surface area contributed by atoms with Crippen LogP contribution in [0.5, 0.6) is 5.75 Å². The number of anilines is 1. The standard InChI is InChI=1S/C22H26N2O5/c1-2-28-22(26)18-5-9-20(10-6-18)29-16-21(25)23-19-7-3-17(4-8-19)15-24-11-13-27-14-12-24/h3-10H,2,11-16H2,1H3,(H,23,25). The lowest BCUT2D eigenvalue weighted by Gasteiger charge is -2.26. The predicted octanol–water partition coefficient (Wildman–Crippen LogP) is 2.71. The summed E-state index contributed by atoms with van der Waals surface area (Å²) in [4.78, 5) is 26.1. The van der Waals surface area contributed by atoms with E-state index in [4.69, 9.17) is 14.2 Å². The highest BCUT2D eigenvalue weighted by molar-refractivity contribution is 5.92. The second-order valence-corrected chi connectivity index (χ2v) is 6.67. The average molecular weight is 398 g/mol. The van der Waals surface area contributed by atoms with Crippen molar-refractivity contribution in [3.63, 3.8) is 0 Å². The molecule has 2 aromatic rings. The molecule has 1 aliphatic rings. The number of rotatable bonds is 8. The summed E-state index contributed by atoms with van der Waals surface area (Å²) < 4.78 is 15.8. The van der Waals surface area contributed by atoms with Gasteiger partial charge in [-0.25, -0.2) is 4.79 Å². The fraction of sp³-hybridized carbons (Fsp3) is 0.364. The maximum absolute atomic E-state index is 12.1. The van der Waals surface area contributed by atoms with Crippen LogP contribution in [0, 0.1) is 0 Å². The van der Waals surface area contributed by atoms with Crippen molar-refractivity contribution < 1.29 is 23.8 Å². The Morgan fingerprint density at radius 3 is 2.38 bits per heavy atom. The van der Waals surface area contributed by atoms with Gasteiger partial charge >= 0.3 is 5.97 Å². The van der Waals surface area contributed by atoms with Crippen LogP contribution in [0.4, 0.5) is 5.69 Å². The molecule has 0 bridgehead atoms. The molecule has 154 valence electrons. The summed E-state index contributed by atoms with van der Waals surface area (Å²) in [5, 5.41) is 2.82. The number of ether oxygens (including phenoxy) is 3. The monoisotopic (exact) mass is 398 g/mol. The summed E-state index contributed by atoms with van der Waals surface area (Å²) in [6.45, 7) is 6.28. The van der Waals surface area contributed by atoms with Gasteiger partial charge in [0.15, 0.2) is 6.61 Å². The number of benzene rings is 2. The number of hydrogen-bond acceptors (Lipinski definition) is 6. The molecule has 1 amide bonds. The third-order valence-electron chi connectivity index (χ3n) is 4.48. The van der Waals surface area contributed by atoms with Gasteiger partial charge in [0.2, 0.25) is 0 Å². The Morgan fingerprint density at radius 2 is 1.72 bits per heavy atom. The molecular formula is C22H26N2O5. The third-order valence-corrected chi connectivity index (χ3v) is 4.48. The molecule has 0 aliphatic carbocycles. The van der Waals surface area contributed by atoms with Crippen molar-refractivity contribution in [1.29, 1.82) is 0 Å². The highest BCUT2D eigenvalue weighted by Gasteiger charge is 2.11. The van der Waals surface area contributed by atoms with Gasteiger partial charge in [-0.2, -0.15) is 0 Å². The smallest absolute Gasteiger partial charge is 0.338 e. The molecule has 1 saturated heterocycles. The van der Waals surface area contributed by atoms with Gasteiger partial charge in [0.05, 0.1) is 25.4 Å². The zero-order chi connectivity index (χ0) is 20.5. The van der Waals surface area contributed by atoms with Crippen LogP contribution in [-0.4, -0.2) is 56.3 Å². The van der Waals surface area contributed by atoms with E-state index in [0.717, 1.165) is 38.5 Å². The van der Waals surface area contributed by atoms with Gasteiger partial charge in [-0.3, -0.25) is 9.69 Å². The highest BCUT2D eigenvalue weighted by atomic mass is 16.5. The largest absolute Gasteiger partial charge is 0.484 e. The summed E-state index contributed by atoms with van der Waals surface area (Å²) in [6, 6.07) is 14.3. The minimum atomic E-state index is -0.381. The number of nitrogens with zero attached hydrogens (tertiary/aromatic N) is 1. The molecule has 1 fully saturated rings. The Bertz CT molecular complexity index is 799. The van der Waals surface area contributed by atoms with Crippen LogP contribution in [-0.2, 0) is 20.8 Å². The van der Waals surface area contributed by atoms with E-state index in [1.807, 2.05) is 24.3 Å². The third kappa shape index (κ3) is 6.58. The minimum absolute atomic E-state index is 0.117. The van der Waals surface area contributed by atoms with Gasteiger partial charge in [0.25, 0.3) is 5.91 Å². The molecule has 1 N–H and O–H groups in total. The SMILES string of the molecule is CCOC(=O)c1ccc(OCC(=O)Nc2ccc(CN3CCOCC3)cc2)cc1. The Balaban J connectivity index is 1.43. The van der Waals surface area contributed by atoms with Crippen molar-refractivity contribution in [1.82, 2.24) is 4.90 Å². The van der Waals surface area contributed by atoms with E-state index >= 15 is 0 Å². The Morgan fingerprint density at radius 1 is 1.03 bits per heavy atom. The highest BCUT2D eigenvalue weighted by Crippen LogP contribution is 2.15. The lowest BCUT2D eigenvalue weighted by Crippen LogP contribution is -2.35. The Hall–Kier alpha value is -2.90. The molecule has 7 heteroatoms. The fourth-order valence-electron chi connectivity index (χ4n) is 2.96. The van der Waals surface area contributed by atoms with E-state index in [-0.39, 0.29) is 18.5 Å². The molecule has 0 unspecified atom stereocenters. The van der Waals surface area contributed by atoms with E-state index in [0.29, 0.717) is 17.9 Å². The number of morpholine rings is 1. The fourth-order valence-corrected chi connectivity index (χ4v) is 2.96. The summed E-state index contributed by atoms with van der Waals surface area (Å²) in [7, 11) is 0. The molecule has 0 radical (unpaired) electrons. The maximum Gasteiger partial charge on any atom is 0.338 e. The number of carbonyl (C=O) groups is 2. The molecule has 3 rings (SSSR count). The van der Waals surface area contributed by atoms with Crippen LogP contribution in [0.1, 0.15) is 22.8 Å². The molecule has 0 aromatic heterocycles. The van der Waals surface area contributed by atoms with Crippen molar-refractivity contribution in [3.05, 3.63) is 59.7 Å². The number of hydrogen-bond donors (Lipinski definition) is 1. The second kappa shape index (κ2) is 10.6. The van der Waals surface area contributed by atoms with Crippen LogP contribution in [0.25, 0.3) is 0 Å². The van der Waals surface area contributed by atoms with Crippen LogP contribution in [0.15, 0.2) is 48.5 Å². The lowest BCUT2D eigenvalue weighted by molar-refractivity contribution is -0.118. The summed E-state index contributed by atoms with van der Waals surface area (Å²) in [5.41, 5.74) is 2.37. The van der Waals surface area contributed by atoms with Crippen LogP contribution in [0.2, 0.25) is 0 Å². The first-order chi connectivity index (χ1) is 14.1. The van der Waals surface area contributed by atoms with E-state index in [2.05, 4.69) is 10.2 Å². The number of nitrogens with one attached hydrogen (secondary N) is 1. The Kier molecular flexibility index (Phi) is 7.61. The first kappa shape index (κ1) is 20.8. The molecule has 7 nitrogen and oxygen atoms in total. The van der Waals surface area contributed by atoms with Gasteiger partial charge in [0.1, 0.15) is 5.75 Å². The molecule has 0 spiro atoms. The van der Waals surface area contributed by atoms with Crippen LogP contribution >= 0.6 is 0 Å². The van der Waals surface area contributed by atoms with Crippen molar-refractivity contribution in [2.75, 3.05) is 44.8 Å². The lowest BCUT2D eigenvalue weighted by atomic mass is 10.2. The molecule has 0 atom stereocenters. The van der Waals surface area contributed by atoms with Gasteiger partial charge in [0, 0.05) is 25.3 Å². The zero-order valence-electron chi connectivity index (χ0n) is 16.6. The van der Waals surface area contributed by atoms with Crippen LogP contribution < -0.4 is 10.1 Å². The summed E-state index contributed by atoms with van der Waals surface area (Å²) in [5.74, 6) is -0.122. The van der Waals surface area contributed by atoms with Crippen molar-refractivity contribution in [3.8, 4) is 5.75 Å². The topological polar surface area (TPSA) is 77.1 Å². The maximum atomic E-state index is 12.1. The normalized spacial score (nSPS) is 14.2. The molecule has 2 aromatic carbocycles. The van der Waals surface area contributed by atoms with Crippen LogP contribution in [0.3, 0.4) is 0 Å². The van der Waals surface area contributed by atoms with Crippen molar-refractivity contribution in [2.45, 2.75) is 13.5 Å². The van der Waals surface area contributed by atoms with E-state index < -0.39 is 0 Å². The van der Waals surface area contributed by atoms with E-state index in [1.165, 1.54) is 5.56 Å². The summed E-state index contributed by atoms with van der Waals surface area (Å²) in [6.07, 6.45) is 0.